The van der Waals surface area contributed by atoms with Gasteiger partial charge >= 0.3 is 0 Å². The molecule has 0 amide bonds. The van der Waals surface area contributed by atoms with Crippen LogP contribution in [-0.2, 0) is 0 Å². The molecule has 2 unspecified atom stereocenters. The molecule has 0 fully saturated rings. The molecule has 3 rings (SSSR count). The molecule has 0 radical (unpaired) electrons. The number of aromatic nitrogens is 2. The van der Waals surface area contributed by atoms with Gasteiger partial charge in [0.2, 0.25) is 0 Å². The SMILES string of the molecule is CC(P)c1nc(C#N)c2ccc(-c3ccc(OC(C)(C)C)cc3)cn12. The molecular formula is C20H22N3OP. The highest BCUT2D eigenvalue weighted by Crippen LogP contribution is 2.29. The average Bonchev–Trinajstić information content (AvgIpc) is 2.92. The molecule has 25 heavy (non-hydrogen) atoms. The third-order valence-corrected chi connectivity index (χ3v) is 4.09. The van der Waals surface area contributed by atoms with E-state index in [1.54, 1.807) is 0 Å². The normalized spacial score (nSPS) is 12.8. The van der Waals surface area contributed by atoms with Crippen molar-refractivity contribution in [3.05, 3.63) is 54.1 Å². The minimum atomic E-state index is -0.214. The van der Waals surface area contributed by atoms with Gasteiger partial charge in [-0.2, -0.15) is 5.26 Å². The Labute approximate surface area is 150 Å². The summed E-state index contributed by atoms with van der Waals surface area (Å²) in [6.07, 6.45) is 2.04. The molecule has 0 saturated carbocycles. The number of ether oxygens (including phenoxy) is 1. The van der Waals surface area contributed by atoms with Crippen LogP contribution in [0, 0.1) is 11.3 Å². The summed E-state index contributed by atoms with van der Waals surface area (Å²) < 4.78 is 7.88. The van der Waals surface area contributed by atoms with Gasteiger partial charge < -0.3 is 9.14 Å². The van der Waals surface area contributed by atoms with Crippen molar-refractivity contribution in [2.24, 2.45) is 0 Å². The first kappa shape index (κ1) is 17.5. The maximum absolute atomic E-state index is 9.29. The molecule has 0 saturated heterocycles. The van der Waals surface area contributed by atoms with E-state index in [0.29, 0.717) is 5.69 Å². The molecule has 3 aromatic rings. The fourth-order valence-electron chi connectivity index (χ4n) is 2.75. The van der Waals surface area contributed by atoms with Crippen LogP contribution in [0.3, 0.4) is 0 Å². The van der Waals surface area contributed by atoms with Crippen LogP contribution in [0.25, 0.3) is 16.6 Å². The predicted octanol–water partition coefficient (Wildman–Crippen LogP) is 4.99. The van der Waals surface area contributed by atoms with Gasteiger partial charge in [0.05, 0.1) is 5.52 Å². The van der Waals surface area contributed by atoms with Gasteiger partial charge in [0.15, 0.2) is 5.69 Å². The molecule has 4 nitrogen and oxygen atoms in total. The molecule has 0 bridgehead atoms. The van der Waals surface area contributed by atoms with Crippen molar-refractivity contribution in [1.29, 1.82) is 5.26 Å². The number of hydrogen-bond donors (Lipinski definition) is 0. The summed E-state index contributed by atoms with van der Waals surface area (Å²) in [5.74, 6) is 1.72. The number of nitrogens with zero attached hydrogens (tertiary/aromatic N) is 3. The van der Waals surface area contributed by atoms with E-state index in [9.17, 15) is 5.26 Å². The number of nitriles is 1. The van der Waals surface area contributed by atoms with Crippen LogP contribution in [-0.4, -0.2) is 15.0 Å². The Morgan fingerprint density at radius 1 is 1.12 bits per heavy atom. The zero-order valence-electron chi connectivity index (χ0n) is 14.9. The van der Waals surface area contributed by atoms with E-state index in [4.69, 9.17) is 4.74 Å². The molecule has 0 spiro atoms. The van der Waals surface area contributed by atoms with Gasteiger partial charge in [-0.15, -0.1) is 9.24 Å². The molecule has 0 aliphatic heterocycles. The molecule has 2 heterocycles. The van der Waals surface area contributed by atoms with Crippen LogP contribution in [0.5, 0.6) is 5.75 Å². The Morgan fingerprint density at radius 2 is 1.76 bits per heavy atom. The lowest BCUT2D eigenvalue weighted by Gasteiger charge is -2.21. The Balaban J connectivity index is 2.02. The van der Waals surface area contributed by atoms with E-state index in [1.165, 1.54) is 0 Å². The Kier molecular flexibility index (Phi) is 4.54. The zero-order chi connectivity index (χ0) is 18.2. The molecule has 0 N–H and O–H groups in total. The number of pyridine rings is 1. The van der Waals surface area contributed by atoms with Crippen LogP contribution in [0.15, 0.2) is 42.6 Å². The molecule has 0 aliphatic carbocycles. The van der Waals surface area contributed by atoms with Gasteiger partial charge in [-0.3, -0.25) is 0 Å². The topological polar surface area (TPSA) is 50.3 Å². The van der Waals surface area contributed by atoms with Crippen LogP contribution in [0.2, 0.25) is 0 Å². The van der Waals surface area contributed by atoms with Crippen molar-refractivity contribution < 1.29 is 4.74 Å². The Hall–Kier alpha value is -2.37. The van der Waals surface area contributed by atoms with Gasteiger partial charge in [-0.1, -0.05) is 25.1 Å². The third kappa shape index (κ3) is 3.67. The highest BCUT2D eigenvalue weighted by Gasteiger charge is 2.15. The molecule has 5 heteroatoms. The second-order valence-corrected chi connectivity index (χ2v) is 8.13. The monoisotopic (exact) mass is 351 g/mol. The lowest BCUT2D eigenvalue weighted by atomic mass is 10.1. The van der Waals surface area contributed by atoms with Crippen molar-refractivity contribution in [2.75, 3.05) is 0 Å². The van der Waals surface area contributed by atoms with Crippen molar-refractivity contribution in [2.45, 2.75) is 39.0 Å². The highest BCUT2D eigenvalue weighted by molar-refractivity contribution is 7.17. The third-order valence-electron chi connectivity index (χ3n) is 3.79. The summed E-state index contributed by atoms with van der Waals surface area (Å²) in [4.78, 5) is 4.46. The highest BCUT2D eigenvalue weighted by atomic mass is 31.0. The summed E-state index contributed by atoms with van der Waals surface area (Å²) in [6.45, 7) is 8.15. The maximum atomic E-state index is 9.29. The number of rotatable bonds is 3. The summed E-state index contributed by atoms with van der Waals surface area (Å²) in [5.41, 5.74) is 3.41. The number of benzene rings is 1. The Morgan fingerprint density at radius 3 is 2.32 bits per heavy atom. The van der Waals surface area contributed by atoms with E-state index in [0.717, 1.165) is 28.2 Å². The number of hydrogen-bond acceptors (Lipinski definition) is 3. The first-order valence-electron chi connectivity index (χ1n) is 8.25. The van der Waals surface area contributed by atoms with Crippen LogP contribution in [0.4, 0.5) is 0 Å². The first-order valence-corrected chi connectivity index (χ1v) is 8.92. The number of fused-ring (bicyclic) bond motifs is 1. The van der Waals surface area contributed by atoms with Gasteiger partial charge in [0.1, 0.15) is 23.2 Å². The molecule has 1 aromatic carbocycles. The fraction of sp³-hybridized carbons (Fsp3) is 0.300. The van der Waals surface area contributed by atoms with E-state index in [1.807, 2.05) is 74.7 Å². The lowest BCUT2D eigenvalue weighted by Crippen LogP contribution is -2.22. The molecule has 128 valence electrons. The van der Waals surface area contributed by atoms with E-state index < -0.39 is 0 Å². The Bertz CT molecular complexity index is 944. The van der Waals surface area contributed by atoms with Gasteiger partial charge in [0.25, 0.3) is 0 Å². The summed E-state index contributed by atoms with van der Waals surface area (Å²) in [6, 6.07) is 14.2. The summed E-state index contributed by atoms with van der Waals surface area (Å²) >= 11 is 0. The summed E-state index contributed by atoms with van der Waals surface area (Å²) in [7, 11) is 2.74. The largest absolute Gasteiger partial charge is 0.488 e. The van der Waals surface area contributed by atoms with Crippen molar-refractivity contribution in [3.8, 4) is 22.9 Å². The van der Waals surface area contributed by atoms with Gasteiger partial charge in [-0.05, 0) is 50.1 Å². The van der Waals surface area contributed by atoms with Crippen molar-refractivity contribution >= 4 is 14.8 Å². The van der Waals surface area contributed by atoms with E-state index in [-0.39, 0.29) is 11.3 Å². The van der Waals surface area contributed by atoms with Crippen LogP contribution >= 0.6 is 9.24 Å². The van der Waals surface area contributed by atoms with Gasteiger partial charge in [0, 0.05) is 11.9 Å². The second-order valence-electron chi connectivity index (χ2n) is 7.13. The van der Waals surface area contributed by atoms with Crippen LogP contribution < -0.4 is 4.74 Å². The smallest absolute Gasteiger partial charge is 0.166 e. The van der Waals surface area contributed by atoms with E-state index >= 15 is 0 Å². The molecule has 0 aliphatic rings. The molecular weight excluding hydrogens is 329 g/mol. The minimum absolute atomic E-state index is 0.160. The fourth-order valence-corrected chi connectivity index (χ4v) is 2.99. The molecule has 2 aromatic heterocycles. The zero-order valence-corrected chi connectivity index (χ0v) is 16.1. The first-order chi connectivity index (χ1) is 11.8. The summed E-state index contributed by atoms with van der Waals surface area (Å²) in [5, 5.41) is 9.29. The lowest BCUT2D eigenvalue weighted by molar-refractivity contribution is 0.131. The van der Waals surface area contributed by atoms with Crippen LogP contribution in [0.1, 0.15) is 44.9 Å². The average molecular weight is 351 g/mol. The standard InChI is InChI=1S/C20H22N3OP/c1-13(25)19-22-17(11-21)18-10-7-15(12-23(18)19)14-5-8-16(9-6-14)24-20(2,3)4/h5-10,12-13H,25H2,1-4H3. The second kappa shape index (κ2) is 6.50. The van der Waals surface area contributed by atoms with E-state index in [2.05, 4.69) is 20.3 Å². The van der Waals surface area contributed by atoms with Crippen molar-refractivity contribution in [3.63, 3.8) is 0 Å². The quantitative estimate of drug-likeness (QED) is 0.625. The molecule has 2 atom stereocenters. The van der Waals surface area contributed by atoms with Gasteiger partial charge in [-0.25, -0.2) is 4.98 Å². The maximum Gasteiger partial charge on any atom is 0.166 e. The van der Waals surface area contributed by atoms with Crippen molar-refractivity contribution in [1.82, 2.24) is 9.38 Å². The number of imidazole rings is 1. The minimum Gasteiger partial charge on any atom is -0.488 e. The predicted molar refractivity (Wildman–Crippen MR) is 104 cm³/mol.